The molecule has 2 N–H and O–H groups in total. The van der Waals surface area contributed by atoms with Gasteiger partial charge >= 0.3 is 5.97 Å². The third-order valence-corrected chi connectivity index (χ3v) is 3.02. The first-order valence-corrected chi connectivity index (χ1v) is 7.29. The van der Waals surface area contributed by atoms with Crippen molar-refractivity contribution < 1.29 is 18.7 Å². The molecule has 0 bridgehead atoms. The number of esters is 1. The molecule has 1 aromatic rings. The van der Waals surface area contributed by atoms with Crippen LogP contribution in [0.15, 0.2) is 15.5 Å². The maximum Gasteiger partial charge on any atom is 0.341 e. The van der Waals surface area contributed by atoms with Gasteiger partial charge in [-0.15, -0.1) is 24.0 Å². The monoisotopic (exact) mass is 452 g/mol. The number of nitrogens with zero attached hydrogens (tertiary/aromatic N) is 2. The van der Waals surface area contributed by atoms with Crippen LogP contribution in [-0.4, -0.2) is 57.0 Å². The van der Waals surface area contributed by atoms with Gasteiger partial charge in [-0.05, 0) is 19.9 Å². The predicted molar refractivity (Wildman–Crippen MR) is 102 cm³/mol. The molecule has 1 heterocycles. The molecule has 0 aliphatic rings. The first-order valence-electron chi connectivity index (χ1n) is 7.29. The predicted octanol–water partition coefficient (Wildman–Crippen LogP) is 1.14. The van der Waals surface area contributed by atoms with Crippen LogP contribution in [0.1, 0.15) is 28.8 Å². The van der Waals surface area contributed by atoms with Crippen molar-refractivity contribution in [3.05, 3.63) is 23.2 Å². The minimum Gasteiger partial charge on any atom is -0.465 e. The molecule has 1 aromatic heterocycles. The zero-order chi connectivity index (χ0) is 17.4. The van der Waals surface area contributed by atoms with Gasteiger partial charge in [0, 0.05) is 20.6 Å². The highest BCUT2D eigenvalue weighted by Gasteiger charge is 2.15. The third-order valence-electron chi connectivity index (χ3n) is 3.02. The Morgan fingerprint density at radius 1 is 1.33 bits per heavy atom. The van der Waals surface area contributed by atoms with Gasteiger partial charge in [0.05, 0.1) is 13.7 Å². The summed E-state index contributed by atoms with van der Waals surface area (Å²) in [5.41, 5.74) is 0.397. The van der Waals surface area contributed by atoms with Gasteiger partial charge in [0.1, 0.15) is 23.6 Å². The lowest BCUT2D eigenvalue weighted by Crippen LogP contribution is -2.38. The van der Waals surface area contributed by atoms with Gasteiger partial charge in [-0.25, -0.2) is 9.79 Å². The summed E-state index contributed by atoms with van der Waals surface area (Å²) >= 11 is 0. The first-order chi connectivity index (χ1) is 10.9. The molecular formula is C15H25IN4O4. The molecule has 24 heavy (non-hydrogen) atoms. The topological polar surface area (TPSA) is 96.2 Å². The molecule has 0 unspecified atom stereocenters. The second-order valence-electron chi connectivity index (χ2n) is 5.01. The smallest absolute Gasteiger partial charge is 0.341 e. The lowest BCUT2D eigenvalue weighted by Gasteiger charge is -2.11. The number of hydrogen-bond acceptors (Lipinski definition) is 5. The Hall–Kier alpha value is -1.78. The number of methoxy groups -OCH3 is 1. The Balaban J connectivity index is 0.00000529. The lowest BCUT2D eigenvalue weighted by atomic mass is 10.2. The summed E-state index contributed by atoms with van der Waals surface area (Å²) in [5.74, 6) is 1.04. The summed E-state index contributed by atoms with van der Waals surface area (Å²) < 4.78 is 10.2. The standard InChI is InChI=1S/C15H24N4O4.HI/c1-6-16-15(18-9-13(20)19(3)4)17-8-11-7-12(10(2)23-11)14(21)22-5;/h7H,6,8-9H2,1-5H3,(H2,16,17,18);1H. The Morgan fingerprint density at radius 3 is 2.54 bits per heavy atom. The zero-order valence-electron chi connectivity index (χ0n) is 14.6. The number of carbonyl (C=O) groups excluding carboxylic acids is 2. The molecule has 0 atom stereocenters. The fourth-order valence-corrected chi connectivity index (χ4v) is 1.74. The molecule has 0 fully saturated rings. The van der Waals surface area contributed by atoms with Crippen LogP contribution >= 0.6 is 24.0 Å². The second-order valence-corrected chi connectivity index (χ2v) is 5.01. The Bertz CT molecular complexity index is 584. The molecule has 1 amide bonds. The number of rotatable bonds is 6. The fourth-order valence-electron chi connectivity index (χ4n) is 1.74. The number of likely N-dealkylation sites (N-methyl/N-ethyl adjacent to an activating group) is 1. The van der Waals surface area contributed by atoms with E-state index < -0.39 is 5.97 Å². The molecule has 1 rings (SSSR count). The van der Waals surface area contributed by atoms with Crippen molar-refractivity contribution in [2.75, 3.05) is 34.3 Å². The van der Waals surface area contributed by atoms with E-state index in [2.05, 4.69) is 20.4 Å². The van der Waals surface area contributed by atoms with Crippen LogP contribution in [0.5, 0.6) is 0 Å². The molecular weight excluding hydrogens is 427 g/mol. The van der Waals surface area contributed by atoms with E-state index in [-0.39, 0.29) is 36.4 Å². The molecule has 0 saturated carbocycles. The number of guanidine groups is 1. The van der Waals surface area contributed by atoms with Gasteiger partial charge in [0.15, 0.2) is 5.96 Å². The van der Waals surface area contributed by atoms with Crippen molar-refractivity contribution in [3.63, 3.8) is 0 Å². The lowest BCUT2D eigenvalue weighted by molar-refractivity contribution is -0.127. The molecule has 8 nitrogen and oxygen atoms in total. The van der Waals surface area contributed by atoms with Crippen LogP contribution in [-0.2, 0) is 16.1 Å². The summed E-state index contributed by atoms with van der Waals surface area (Å²) in [6.07, 6.45) is 0. The van der Waals surface area contributed by atoms with Gasteiger partial charge in [-0.2, -0.15) is 0 Å². The Kier molecular flexibility index (Phi) is 10.1. The van der Waals surface area contributed by atoms with Crippen molar-refractivity contribution in [1.82, 2.24) is 15.5 Å². The number of amides is 1. The minimum atomic E-state index is -0.436. The van der Waals surface area contributed by atoms with E-state index in [1.54, 1.807) is 27.1 Å². The maximum atomic E-state index is 11.6. The highest BCUT2D eigenvalue weighted by atomic mass is 127. The highest BCUT2D eigenvalue weighted by Crippen LogP contribution is 2.15. The summed E-state index contributed by atoms with van der Waals surface area (Å²) in [4.78, 5) is 28.8. The number of carbonyl (C=O) groups is 2. The van der Waals surface area contributed by atoms with Gasteiger partial charge in [0.25, 0.3) is 0 Å². The number of furan rings is 1. The Labute approximate surface area is 159 Å². The van der Waals surface area contributed by atoms with Crippen molar-refractivity contribution in [1.29, 1.82) is 0 Å². The summed E-state index contributed by atoms with van der Waals surface area (Å²) in [7, 11) is 4.68. The van der Waals surface area contributed by atoms with E-state index in [4.69, 9.17) is 4.42 Å². The number of nitrogens with one attached hydrogen (secondary N) is 2. The van der Waals surface area contributed by atoms with Gasteiger partial charge < -0.3 is 24.7 Å². The average molecular weight is 452 g/mol. The zero-order valence-corrected chi connectivity index (χ0v) is 17.0. The normalized spacial score (nSPS) is 10.6. The molecule has 9 heteroatoms. The largest absolute Gasteiger partial charge is 0.465 e. The molecule has 0 radical (unpaired) electrons. The van der Waals surface area contributed by atoms with E-state index in [0.29, 0.717) is 36.1 Å². The average Bonchev–Trinajstić information content (AvgIpc) is 2.89. The molecule has 0 aromatic carbocycles. The van der Waals surface area contributed by atoms with Crippen LogP contribution in [0.2, 0.25) is 0 Å². The van der Waals surface area contributed by atoms with Gasteiger partial charge in [-0.3, -0.25) is 4.79 Å². The van der Waals surface area contributed by atoms with Crippen molar-refractivity contribution in [2.45, 2.75) is 20.4 Å². The number of aliphatic imine (C=N–C) groups is 1. The van der Waals surface area contributed by atoms with Gasteiger partial charge in [-0.1, -0.05) is 0 Å². The molecule has 0 saturated heterocycles. The van der Waals surface area contributed by atoms with Crippen molar-refractivity contribution >= 4 is 41.8 Å². The van der Waals surface area contributed by atoms with E-state index in [1.165, 1.54) is 12.0 Å². The fraction of sp³-hybridized carbons (Fsp3) is 0.533. The number of hydrogen-bond donors (Lipinski definition) is 2. The summed E-state index contributed by atoms with van der Waals surface area (Å²) in [5, 5.41) is 6.09. The number of ether oxygens (including phenoxy) is 1. The molecule has 0 aliphatic heterocycles. The van der Waals surface area contributed by atoms with E-state index in [0.717, 1.165) is 0 Å². The quantitative estimate of drug-likeness (QED) is 0.291. The second kappa shape index (κ2) is 10.9. The SMILES string of the molecule is CCNC(=NCC(=O)N(C)C)NCc1cc(C(=O)OC)c(C)o1.I. The van der Waals surface area contributed by atoms with Crippen LogP contribution < -0.4 is 10.6 Å². The molecule has 0 aliphatic carbocycles. The maximum absolute atomic E-state index is 11.6. The van der Waals surface area contributed by atoms with Crippen LogP contribution in [0.4, 0.5) is 0 Å². The molecule has 136 valence electrons. The van der Waals surface area contributed by atoms with E-state index in [9.17, 15) is 9.59 Å². The van der Waals surface area contributed by atoms with Gasteiger partial charge in [0.2, 0.25) is 5.91 Å². The van der Waals surface area contributed by atoms with Crippen molar-refractivity contribution in [3.8, 4) is 0 Å². The highest BCUT2D eigenvalue weighted by molar-refractivity contribution is 14.0. The molecule has 0 spiro atoms. The number of aryl methyl sites for hydroxylation is 1. The van der Waals surface area contributed by atoms with Crippen LogP contribution in [0.3, 0.4) is 0 Å². The first kappa shape index (κ1) is 22.2. The van der Waals surface area contributed by atoms with Crippen LogP contribution in [0.25, 0.3) is 0 Å². The minimum absolute atomic E-state index is 0. The third kappa shape index (κ3) is 6.77. The summed E-state index contributed by atoms with van der Waals surface area (Å²) in [6.45, 7) is 4.67. The summed E-state index contributed by atoms with van der Waals surface area (Å²) in [6, 6.07) is 1.63. The van der Waals surface area contributed by atoms with E-state index in [1.807, 2.05) is 6.92 Å². The number of halogens is 1. The Morgan fingerprint density at radius 2 is 2.00 bits per heavy atom. The van der Waals surface area contributed by atoms with E-state index >= 15 is 0 Å². The van der Waals surface area contributed by atoms with Crippen molar-refractivity contribution in [2.24, 2.45) is 4.99 Å². The van der Waals surface area contributed by atoms with Crippen LogP contribution in [0, 0.1) is 6.92 Å².